The Morgan fingerprint density at radius 3 is 1.08 bits per heavy atom. The van der Waals surface area contributed by atoms with Gasteiger partial charge in [0, 0.05) is 5.69 Å². The van der Waals surface area contributed by atoms with E-state index in [0.29, 0.717) is 22.5 Å². The first kappa shape index (κ1) is 45.9. The number of anilines is 3. The van der Waals surface area contributed by atoms with Crippen molar-refractivity contribution in [3.05, 3.63) is 228 Å². The fourth-order valence-electron chi connectivity index (χ4n) is 9.86. The number of ether oxygens (including phenoxy) is 1. The fourth-order valence-corrected chi connectivity index (χ4v) is 9.86. The van der Waals surface area contributed by atoms with Gasteiger partial charge in [-0.25, -0.2) is 9.69 Å². The van der Waals surface area contributed by atoms with E-state index in [1.807, 2.05) is 161 Å². The summed E-state index contributed by atoms with van der Waals surface area (Å²) in [6.45, 7) is 24.0. The van der Waals surface area contributed by atoms with E-state index in [4.69, 9.17) is 27.2 Å². The molecule has 0 N–H and O–H groups in total. The normalized spacial score (nSPS) is 13.9. The molecule has 9 aromatic rings. The number of hydrogen-bond donors (Lipinski definition) is 0. The number of hydrogen-bond acceptors (Lipinski definition) is 6. The van der Waals surface area contributed by atoms with Crippen molar-refractivity contribution in [2.75, 3.05) is 4.90 Å². The zero-order valence-electron chi connectivity index (χ0n) is 40.5. The van der Waals surface area contributed by atoms with E-state index in [-0.39, 0.29) is 0 Å². The van der Waals surface area contributed by atoms with Crippen molar-refractivity contribution >= 4 is 41.0 Å². The molecule has 0 atom stereocenters. The molecule has 0 bridgehead atoms. The molecule has 1 fully saturated rings. The van der Waals surface area contributed by atoms with Crippen molar-refractivity contribution in [2.45, 2.75) is 38.9 Å². The van der Waals surface area contributed by atoms with Crippen molar-refractivity contribution in [1.29, 1.82) is 10.5 Å². The largest absolute Gasteiger partial charge is 0.494 e. The molecule has 0 unspecified atom stereocenters. The minimum Gasteiger partial charge on any atom is -0.453 e. The number of nitrogens with zero attached hydrogens (tertiary/aromatic N) is 5. The fraction of sp³-hybridized carbons (Fsp3) is 0.0938. The predicted molar refractivity (Wildman–Crippen MR) is 291 cm³/mol. The van der Waals surface area contributed by atoms with Crippen LogP contribution in [-0.2, 0) is 9.31 Å². The predicted octanol–water partition coefficient (Wildman–Crippen LogP) is 16.4. The highest BCUT2D eigenvalue weighted by atomic mass is 16.7. The molecule has 0 saturated carbocycles. The number of rotatable bonds is 8. The molecule has 0 aromatic heterocycles. The molecule has 2 heterocycles. The summed E-state index contributed by atoms with van der Waals surface area (Å²) in [6.07, 6.45) is 0. The lowest BCUT2D eigenvalue weighted by molar-refractivity contribution is 0.00578. The van der Waals surface area contributed by atoms with Gasteiger partial charge in [0.25, 0.3) is 0 Å². The average Bonchev–Trinajstić information content (AvgIpc) is 3.67. The summed E-state index contributed by atoms with van der Waals surface area (Å²) in [5.74, 6) is 1.50. The van der Waals surface area contributed by atoms with Gasteiger partial charge in [0.2, 0.25) is 0 Å². The average molecular weight is 942 g/mol. The van der Waals surface area contributed by atoms with Crippen molar-refractivity contribution in [2.24, 2.45) is 0 Å². The van der Waals surface area contributed by atoms with Crippen LogP contribution >= 0.6 is 0 Å². The third kappa shape index (κ3) is 8.16. The summed E-state index contributed by atoms with van der Waals surface area (Å²) in [5, 5.41) is 20.2. The summed E-state index contributed by atoms with van der Waals surface area (Å²) in [4.78, 5) is 9.75. The highest BCUT2D eigenvalue weighted by molar-refractivity contribution is 6.62. The summed E-state index contributed by atoms with van der Waals surface area (Å²) < 4.78 is 19.5. The second-order valence-electron chi connectivity index (χ2n) is 19.1. The maximum atomic E-state index is 10.1. The smallest absolute Gasteiger partial charge is 0.453 e. The third-order valence-electron chi connectivity index (χ3n) is 14.2. The summed E-state index contributed by atoms with van der Waals surface area (Å²) in [5.41, 5.74) is 15.2. The standard InChI is InChI=1S/C64H44BN5O3/c1-63(2)64(3,4)73-65(72-63)49-31-23-45(24-32-49)59-57(43-19-15-41(39-66)16-20-43)60(46-25-33-50(68-5)34-26-46)61(47-27-35-51(69-6)36-28-47)58(44-21-17-42(40-67)18-22-44)62(59)48-29-37-52(38-30-48)70-53-11-7-9-13-55(53)71-56-14-10-8-12-54(56)70/h7-38H,1-4H3. The first-order valence-electron chi connectivity index (χ1n) is 23.9. The van der Waals surface area contributed by atoms with Crippen LogP contribution in [0.1, 0.15) is 38.8 Å². The summed E-state index contributed by atoms with van der Waals surface area (Å²) in [6, 6.07) is 68.4. The van der Waals surface area contributed by atoms with Gasteiger partial charge in [0.15, 0.2) is 22.9 Å². The maximum absolute atomic E-state index is 10.1. The van der Waals surface area contributed by atoms with Crippen LogP contribution < -0.4 is 15.1 Å². The van der Waals surface area contributed by atoms with Crippen LogP contribution in [-0.4, -0.2) is 18.3 Å². The molecule has 0 amide bonds. The van der Waals surface area contributed by atoms with Gasteiger partial charge < -0.3 is 18.9 Å². The van der Waals surface area contributed by atoms with Gasteiger partial charge in [-0.3, -0.25) is 0 Å². The Labute approximate surface area is 426 Å². The Bertz CT molecular complexity index is 3720. The van der Waals surface area contributed by atoms with E-state index in [1.165, 1.54) is 0 Å². The zero-order valence-corrected chi connectivity index (χ0v) is 40.5. The van der Waals surface area contributed by atoms with E-state index in [0.717, 1.165) is 101 Å². The topological polar surface area (TPSA) is 87.2 Å². The van der Waals surface area contributed by atoms with Crippen molar-refractivity contribution < 1.29 is 14.0 Å². The van der Waals surface area contributed by atoms with Gasteiger partial charge in [-0.05, 0) is 161 Å². The molecule has 8 nitrogen and oxygen atoms in total. The Morgan fingerprint density at radius 2 is 0.740 bits per heavy atom. The molecule has 2 aliphatic heterocycles. The molecule has 0 spiro atoms. The quantitative estimate of drug-likeness (QED) is 0.111. The maximum Gasteiger partial charge on any atom is 0.494 e. The van der Waals surface area contributed by atoms with Gasteiger partial charge in [-0.2, -0.15) is 10.5 Å². The van der Waals surface area contributed by atoms with Crippen molar-refractivity contribution in [1.82, 2.24) is 0 Å². The van der Waals surface area contributed by atoms with E-state index in [1.54, 1.807) is 0 Å². The van der Waals surface area contributed by atoms with Crippen molar-refractivity contribution in [3.63, 3.8) is 0 Å². The van der Waals surface area contributed by atoms with Gasteiger partial charge in [0.1, 0.15) is 0 Å². The van der Waals surface area contributed by atoms with E-state index < -0.39 is 18.3 Å². The van der Waals surface area contributed by atoms with Crippen LogP contribution in [0.3, 0.4) is 0 Å². The minimum atomic E-state index is -0.592. The van der Waals surface area contributed by atoms with Crippen LogP contribution in [0.25, 0.3) is 76.5 Å². The molecule has 0 aliphatic carbocycles. The van der Waals surface area contributed by atoms with E-state index in [2.05, 4.69) is 87.4 Å². The van der Waals surface area contributed by atoms with Crippen LogP contribution in [0.4, 0.5) is 28.4 Å². The van der Waals surface area contributed by atoms with E-state index in [9.17, 15) is 10.5 Å². The van der Waals surface area contributed by atoms with Gasteiger partial charge in [-0.15, -0.1) is 0 Å². The number of nitriles is 2. The molecule has 1 saturated heterocycles. The van der Waals surface area contributed by atoms with Gasteiger partial charge in [-0.1, -0.05) is 133 Å². The number of benzene rings is 9. The van der Waals surface area contributed by atoms with Gasteiger partial charge in [0.05, 0.1) is 59.0 Å². The SMILES string of the molecule is [C-]#[N+]c1ccc(-c2c(-c3ccc(C#N)cc3)c(-c3ccc(B4OC(C)(C)C(C)(C)O4)cc3)c(-c3ccc(N4c5ccccc5Oc5ccccc54)cc3)c(-c3ccc(C#N)cc3)c2-c2ccc([N+]#[C-])cc2)cc1. The summed E-state index contributed by atoms with van der Waals surface area (Å²) >= 11 is 0. The Morgan fingerprint density at radius 1 is 0.425 bits per heavy atom. The molecule has 2 aliphatic rings. The van der Waals surface area contributed by atoms with Crippen LogP contribution in [0.5, 0.6) is 11.5 Å². The van der Waals surface area contributed by atoms with Crippen LogP contribution in [0, 0.1) is 35.8 Å². The number of para-hydroxylation sites is 4. The van der Waals surface area contributed by atoms with Gasteiger partial charge >= 0.3 is 7.12 Å². The first-order valence-corrected chi connectivity index (χ1v) is 23.9. The number of fused-ring (bicyclic) bond motifs is 2. The second kappa shape index (κ2) is 18.4. The monoisotopic (exact) mass is 941 g/mol. The van der Waals surface area contributed by atoms with E-state index >= 15 is 0 Å². The summed E-state index contributed by atoms with van der Waals surface area (Å²) in [7, 11) is -0.592. The molecule has 9 aromatic carbocycles. The molecule has 73 heavy (non-hydrogen) atoms. The lowest BCUT2D eigenvalue weighted by Gasteiger charge is -2.33. The first-order chi connectivity index (χ1) is 35.5. The Hall–Kier alpha value is -9.48. The van der Waals surface area contributed by atoms with Crippen LogP contribution in [0.15, 0.2) is 194 Å². The lowest BCUT2D eigenvalue weighted by Crippen LogP contribution is -2.41. The third-order valence-corrected chi connectivity index (χ3v) is 14.2. The molecule has 346 valence electrons. The molecule has 9 heteroatoms. The minimum absolute atomic E-state index is 0.500. The Balaban J connectivity index is 1.28. The molecular formula is C64H44BN5O3. The lowest BCUT2D eigenvalue weighted by atomic mass is 9.73. The molecular weight excluding hydrogens is 898 g/mol. The Kier molecular flexibility index (Phi) is 11.6. The van der Waals surface area contributed by atoms with Crippen molar-refractivity contribution in [3.8, 4) is 90.4 Å². The highest BCUT2D eigenvalue weighted by Crippen LogP contribution is 2.57. The molecule has 0 radical (unpaired) electrons. The zero-order chi connectivity index (χ0) is 50.4. The highest BCUT2D eigenvalue weighted by Gasteiger charge is 2.51. The van der Waals surface area contributed by atoms with Crippen LogP contribution in [0.2, 0.25) is 0 Å². The second-order valence-corrected chi connectivity index (χ2v) is 19.1. The molecule has 11 rings (SSSR count).